The number of carbonyl (C=O) groups excluding carboxylic acids is 3. The zero-order valence-corrected chi connectivity index (χ0v) is 49.6. The van der Waals surface area contributed by atoms with Crippen molar-refractivity contribution < 1.29 is 63.5 Å². The minimum atomic E-state index is -1.17. The lowest BCUT2D eigenvalue weighted by molar-refractivity contribution is -0.140. The van der Waals surface area contributed by atoms with Crippen molar-refractivity contribution in [3.8, 4) is 28.4 Å². The largest absolute Gasteiger partial charge is 0.496 e. The van der Waals surface area contributed by atoms with Gasteiger partial charge in [0.15, 0.2) is 5.69 Å². The number of amides is 3. The van der Waals surface area contributed by atoms with Crippen molar-refractivity contribution in [3.05, 3.63) is 53.7 Å². The van der Waals surface area contributed by atoms with Crippen LogP contribution in [0.25, 0.3) is 16.9 Å². The maximum absolute atomic E-state index is 13.0. The number of aliphatic carboxylic acids is 3. The first-order valence-electron chi connectivity index (χ1n) is 28.3. The highest BCUT2D eigenvalue weighted by molar-refractivity contribution is 5.96. The first-order valence-corrected chi connectivity index (χ1v) is 28.3. The lowest BCUT2D eigenvalue weighted by Gasteiger charge is -2.33. The number of likely N-dealkylation sites (N-methyl/N-ethyl adjacent to an activating group) is 2. The first kappa shape index (κ1) is 70.4. The molecule has 81 heavy (non-hydrogen) atoms. The van der Waals surface area contributed by atoms with Crippen molar-refractivity contribution >= 4 is 48.3 Å². The third-order valence-corrected chi connectivity index (χ3v) is 14.1. The summed E-state index contributed by atoms with van der Waals surface area (Å²) in [6, 6.07) is 12.2. The molecule has 1 saturated heterocycles. The van der Waals surface area contributed by atoms with E-state index in [0.29, 0.717) is 86.4 Å². The number of hydrogen-bond acceptors (Lipinski definition) is 15. The normalized spacial score (nSPS) is 14.8. The number of aromatic nitrogens is 2. The predicted octanol–water partition coefficient (Wildman–Crippen LogP) is 5.72. The summed E-state index contributed by atoms with van der Waals surface area (Å²) in [6.07, 6.45) is 12.8. The number of nitrogens with zero attached hydrogens (tertiary/aromatic N) is 8. The van der Waals surface area contributed by atoms with Crippen molar-refractivity contribution in [3.63, 3.8) is 0 Å². The summed E-state index contributed by atoms with van der Waals surface area (Å²) in [5.41, 5.74) is 3.25. The van der Waals surface area contributed by atoms with Crippen LogP contribution in [0.4, 0.5) is 5.69 Å². The van der Waals surface area contributed by atoms with Gasteiger partial charge in [-0.1, -0.05) is 85.6 Å². The SMILES string of the molecule is CCCC1CCCC1.CCCCN(C)CCCN(C)C(=O)CN1CCN(CC)CCN(CC(=O)O)CCN(CC(=O)O)CC1.COc1cccc(OC)c1-c1cc(C(=O)NCC(=O)O)nn1-c1ccc(NC=O)cc1C(C)C.O=CO. The summed E-state index contributed by atoms with van der Waals surface area (Å²) >= 11 is 0. The van der Waals surface area contributed by atoms with Crippen LogP contribution >= 0.6 is 0 Å². The quantitative estimate of drug-likeness (QED) is 0.0525. The molecule has 0 spiro atoms. The van der Waals surface area contributed by atoms with Crippen molar-refractivity contribution in [1.29, 1.82) is 0 Å². The zero-order chi connectivity index (χ0) is 60.3. The maximum atomic E-state index is 13.0. The number of carbonyl (C=O) groups is 7. The smallest absolute Gasteiger partial charge is 0.322 e. The van der Waals surface area contributed by atoms with Crippen LogP contribution in [0.3, 0.4) is 0 Å². The van der Waals surface area contributed by atoms with Gasteiger partial charge in [0.25, 0.3) is 12.4 Å². The van der Waals surface area contributed by atoms with Crippen LogP contribution in [0.2, 0.25) is 0 Å². The van der Waals surface area contributed by atoms with Crippen LogP contribution in [0.15, 0.2) is 42.5 Å². The second-order valence-corrected chi connectivity index (χ2v) is 20.6. The van der Waals surface area contributed by atoms with Gasteiger partial charge in [0.2, 0.25) is 12.3 Å². The van der Waals surface area contributed by atoms with Crippen LogP contribution in [-0.4, -0.2) is 235 Å². The number of ether oxygens (including phenoxy) is 2. The van der Waals surface area contributed by atoms with E-state index >= 15 is 0 Å². The molecule has 454 valence electrons. The Morgan fingerprint density at radius 3 is 1.73 bits per heavy atom. The van der Waals surface area contributed by atoms with Gasteiger partial charge < -0.3 is 55.2 Å². The van der Waals surface area contributed by atoms with E-state index in [9.17, 15) is 39.0 Å². The highest BCUT2D eigenvalue weighted by Gasteiger charge is 2.26. The topological polar surface area (TPSA) is 280 Å². The fraction of sp³-hybridized carbons (Fsp3) is 0.621. The lowest BCUT2D eigenvalue weighted by Crippen LogP contribution is -2.49. The second kappa shape index (κ2) is 39.7. The molecule has 1 saturated carbocycles. The zero-order valence-electron chi connectivity index (χ0n) is 49.6. The van der Waals surface area contributed by atoms with Crippen molar-refractivity contribution in [2.45, 2.75) is 98.3 Å². The number of unbranched alkanes of at least 4 members (excludes halogenated alkanes) is 1. The number of methoxy groups -OCH3 is 2. The van der Waals surface area contributed by atoms with Crippen LogP contribution in [0.1, 0.15) is 114 Å². The molecular weight excluding hydrogens is 1040 g/mol. The highest BCUT2D eigenvalue weighted by atomic mass is 16.5. The highest BCUT2D eigenvalue weighted by Crippen LogP contribution is 2.41. The Balaban J connectivity index is 0.000000465. The number of benzene rings is 2. The van der Waals surface area contributed by atoms with Crippen molar-refractivity contribution in [1.82, 2.24) is 44.5 Å². The summed E-state index contributed by atoms with van der Waals surface area (Å²) in [5, 5.41) is 43.9. The van der Waals surface area contributed by atoms with Crippen LogP contribution in [-0.2, 0) is 28.8 Å². The summed E-state index contributed by atoms with van der Waals surface area (Å²) in [4.78, 5) is 90.8. The Labute approximate surface area is 479 Å². The van der Waals surface area contributed by atoms with E-state index in [1.54, 1.807) is 46.0 Å². The summed E-state index contributed by atoms with van der Waals surface area (Å²) in [5.74, 6) is -1.34. The van der Waals surface area contributed by atoms with Crippen LogP contribution in [0.5, 0.6) is 11.5 Å². The Morgan fingerprint density at radius 2 is 1.26 bits per heavy atom. The summed E-state index contributed by atoms with van der Waals surface area (Å²) in [7, 11) is 7.03. The van der Waals surface area contributed by atoms with E-state index in [-0.39, 0.29) is 37.1 Å². The van der Waals surface area contributed by atoms with Gasteiger partial charge in [-0.3, -0.25) is 48.3 Å². The minimum absolute atomic E-state index is 0.0222. The number of anilines is 1. The van der Waals surface area contributed by atoms with Gasteiger partial charge in [-0.2, -0.15) is 5.10 Å². The number of nitrogens with one attached hydrogen (secondary N) is 2. The van der Waals surface area contributed by atoms with Gasteiger partial charge in [0.1, 0.15) is 18.0 Å². The molecule has 6 N–H and O–H groups in total. The van der Waals surface area contributed by atoms with E-state index in [0.717, 1.165) is 57.2 Å². The molecule has 2 aromatic carbocycles. The van der Waals surface area contributed by atoms with Gasteiger partial charge in [0.05, 0.1) is 50.8 Å². The lowest BCUT2D eigenvalue weighted by atomic mass is 9.99. The molecule has 3 aromatic rings. The van der Waals surface area contributed by atoms with E-state index in [1.807, 2.05) is 36.8 Å². The van der Waals surface area contributed by atoms with Gasteiger partial charge in [-0.05, 0) is 93.3 Å². The molecule has 23 heteroatoms. The molecule has 0 atom stereocenters. The van der Waals surface area contributed by atoms with Gasteiger partial charge >= 0.3 is 17.9 Å². The summed E-state index contributed by atoms with van der Waals surface area (Å²) in [6.45, 7) is 18.4. The van der Waals surface area contributed by atoms with Crippen LogP contribution in [0, 0.1) is 5.92 Å². The Hall–Kier alpha value is -6.66. The summed E-state index contributed by atoms with van der Waals surface area (Å²) < 4.78 is 12.7. The number of carboxylic acids is 3. The fourth-order valence-electron chi connectivity index (χ4n) is 9.58. The van der Waals surface area contributed by atoms with Crippen molar-refractivity contribution in [2.75, 3.05) is 138 Å². The third kappa shape index (κ3) is 26.7. The molecule has 1 aliphatic heterocycles. The molecule has 5 rings (SSSR count). The predicted molar refractivity (Wildman–Crippen MR) is 313 cm³/mol. The van der Waals surface area contributed by atoms with Gasteiger partial charge in [-0.25, -0.2) is 4.68 Å². The third-order valence-electron chi connectivity index (χ3n) is 14.1. The van der Waals surface area contributed by atoms with Gasteiger partial charge in [-0.15, -0.1) is 0 Å². The molecule has 23 nitrogen and oxygen atoms in total. The Bertz CT molecular complexity index is 2340. The second-order valence-electron chi connectivity index (χ2n) is 20.6. The molecule has 1 aromatic heterocycles. The van der Waals surface area contributed by atoms with E-state index in [1.165, 1.54) is 65.6 Å². The van der Waals surface area contributed by atoms with E-state index < -0.39 is 30.4 Å². The molecule has 3 amide bonds. The molecular formula is C58H94N10O13. The molecule has 1 aliphatic carbocycles. The average molecular weight is 1140 g/mol. The van der Waals surface area contributed by atoms with E-state index in [2.05, 4.69) is 58.3 Å². The van der Waals surface area contributed by atoms with E-state index in [4.69, 9.17) is 24.5 Å². The molecule has 0 bridgehead atoms. The number of hydrogen-bond donors (Lipinski definition) is 6. The van der Waals surface area contributed by atoms with Crippen LogP contribution < -0.4 is 20.1 Å². The number of rotatable bonds is 26. The fourth-order valence-corrected chi connectivity index (χ4v) is 9.58. The Morgan fingerprint density at radius 1 is 0.728 bits per heavy atom. The molecule has 2 aliphatic rings. The monoisotopic (exact) mass is 1140 g/mol. The molecule has 0 unspecified atom stereocenters. The Kier molecular flexibility index (Phi) is 34.5. The maximum Gasteiger partial charge on any atom is 0.322 e. The first-order chi connectivity index (χ1) is 38.8. The van der Waals surface area contributed by atoms with Gasteiger partial charge in [0, 0.05) is 71.6 Å². The van der Waals surface area contributed by atoms with Crippen molar-refractivity contribution in [2.24, 2.45) is 5.92 Å². The molecule has 0 radical (unpaired) electrons. The molecule has 2 heterocycles. The number of carboxylic acid groups (broad SMARTS) is 4. The minimum Gasteiger partial charge on any atom is -0.496 e. The molecule has 2 fully saturated rings. The average Bonchev–Trinajstić information content (AvgIpc) is 4.36. The standard InChI is InChI=1S/C25H50N6O5.C24H26N4O6.C8H16.CH2O2/c1-5-7-9-26(3)10-8-11-27(4)23(32)20-29-14-12-28(6-2)13-15-30(21-24(33)34)18-19-31(17-16-29)22-25(35)36;1-14(2)16-10-15(26-13-29)8-9-18(16)28-19(11-17(27-28)24(32)25-12-22(30)31)23-20(33-3)6-5-7-21(23)34-4;1-2-5-8-6-3-4-7-8;2-1-3/h5-22H2,1-4H3,(H,33,34)(H,35,36);5-11,13-14H,12H2,1-4H3,(H,25,32)(H,26,29)(H,30,31);8H,2-7H2,1H3;1H,(H,2,3).